The van der Waals surface area contributed by atoms with Crippen LogP contribution in [0.1, 0.15) is 169 Å². The Morgan fingerprint density at radius 3 is 1.28 bits per heavy atom. The lowest BCUT2D eigenvalue weighted by Gasteiger charge is -2.37. The fraction of sp³-hybridized carbons (Fsp3) is 0.417. The number of carbonyl (C=O) groups is 4. The third-order valence-corrected chi connectivity index (χ3v) is 12.5. The van der Waals surface area contributed by atoms with E-state index in [4.69, 9.17) is 0 Å². The predicted octanol–water partition coefficient (Wildman–Crippen LogP) is 10.7. The van der Waals surface area contributed by atoms with Gasteiger partial charge in [0.15, 0.2) is 0 Å². The van der Waals surface area contributed by atoms with Gasteiger partial charge < -0.3 is 0 Å². The van der Waals surface area contributed by atoms with E-state index in [9.17, 15) is 19.2 Å². The molecule has 2 fully saturated rings. The highest BCUT2D eigenvalue weighted by Gasteiger charge is 2.42. The Hall–Kier alpha value is -5.20. The molecule has 0 atom stereocenters. The monoisotopic (exact) mass is 714 g/mol. The highest BCUT2D eigenvalue weighted by Crippen LogP contribution is 2.49. The molecule has 0 radical (unpaired) electrons. The van der Waals surface area contributed by atoms with Crippen LogP contribution in [-0.2, 0) is 0 Å². The van der Waals surface area contributed by atoms with Crippen LogP contribution in [-0.4, -0.2) is 45.5 Å². The Balaban J connectivity index is 1.39. The first-order valence-corrected chi connectivity index (χ1v) is 20.5. The number of rotatable bonds is 6. The molecule has 54 heavy (non-hydrogen) atoms. The number of benzene rings is 5. The SMILES string of the molecule is CCCCC#Cc1cc2c3c(ccc4c5c(C#CCCCC)cc6c7c(ccc(c1c34)c75)C(=O)N(C1CCCCC1)C6=O)C(=O)N(C1CCCCC1)C2=O. The van der Waals surface area contributed by atoms with Crippen molar-refractivity contribution in [3.8, 4) is 23.7 Å². The molecule has 0 spiro atoms. The Labute approximate surface area is 316 Å². The number of carbonyl (C=O) groups excluding carboxylic acids is 4. The van der Waals surface area contributed by atoms with Crippen molar-refractivity contribution in [3.63, 3.8) is 0 Å². The molecule has 0 N–H and O–H groups in total. The van der Waals surface area contributed by atoms with Crippen molar-refractivity contribution in [2.24, 2.45) is 0 Å². The lowest BCUT2D eigenvalue weighted by molar-refractivity contribution is 0.0487. The van der Waals surface area contributed by atoms with Crippen LogP contribution in [0.25, 0.3) is 43.1 Å². The minimum Gasteiger partial charge on any atom is -0.271 e. The van der Waals surface area contributed by atoms with Crippen molar-refractivity contribution in [2.45, 2.75) is 129 Å². The molecule has 0 saturated heterocycles. The number of hydrogen-bond donors (Lipinski definition) is 0. The van der Waals surface area contributed by atoms with Gasteiger partial charge in [0, 0.05) is 90.6 Å². The van der Waals surface area contributed by atoms with Crippen molar-refractivity contribution in [3.05, 3.63) is 69.8 Å². The van der Waals surface area contributed by atoms with Crippen LogP contribution >= 0.6 is 0 Å². The Bertz CT molecular complexity index is 2370. The number of imide groups is 2. The molecule has 9 rings (SSSR count). The van der Waals surface area contributed by atoms with Crippen LogP contribution in [0.2, 0.25) is 0 Å². The Morgan fingerprint density at radius 2 is 0.889 bits per heavy atom. The zero-order valence-electron chi connectivity index (χ0n) is 31.5. The molecular formula is C48H46N2O4. The minimum atomic E-state index is -0.241. The second-order valence-corrected chi connectivity index (χ2v) is 15.9. The van der Waals surface area contributed by atoms with Crippen molar-refractivity contribution in [2.75, 3.05) is 0 Å². The fourth-order valence-electron chi connectivity index (χ4n) is 9.89. The zero-order chi connectivity index (χ0) is 37.1. The Kier molecular flexibility index (Phi) is 8.89. The summed E-state index contributed by atoms with van der Waals surface area (Å²) in [6.07, 6.45) is 15.0. The van der Waals surface area contributed by atoms with Crippen molar-refractivity contribution < 1.29 is 19.2 Å². The van der Waals surface area contributed by atoms with Crippen molar-refractivity contribution >= 4 is 66.7 Å². The maximum Gasteiger partial charge on any atom is 0.261 e. The normalized spacial score (nSPS) is 17.9. The number of nitrogens with zero attached hydrogens (tertiary/aromatic N) is 2. The lowest BCUT2D eigenvalue weighted by Crippen LogP contribution is -2.48. The molecule has 272 valence electrons. The summed E-state index contributed by atoms with van der Waals surface area (Å²) < 4.78 is 0. The van der Waals surface area contributed by atoms with Gasteiger partial charge in [-0.25, -0.2) is 0 Å². The highest BCUT2D eigenvalue weighted by molar-refractivity contribution is 6.42. The van der Waals surface area contributed by atoms with Gasteiger partial charge in [-0.2, -0.15) is 0 Å². The summed E-state index contributed by atoms with van der Waals surface area (Å²) in [5, 5.41) is 6.44. The number of fused-ring (bicyclic) bond motifs is 2. The number of hydrogen-bond acceptors (Lipinski definition) is 4. The zero-order valence-corrected chi connectivity index (χ0v) is 31.5. The van der Waals surface area contributed by atoms with Crippen LogP contribution < -0.4 is 0 Å². The molecule has 6 heteroatoms. The molecular weight excluding hydrogens is 669 g/mol. The van der Waals surface area contributed by atoms with Gasteiger partial charge in [-0.1, -0.05) is 101 Å². The van der Waals surface area contributed by atoms with Crippen LogP contribution in [0.3, 0.4) is 0 Å². The van der Waals surface area contributed by atoms with E-state index in [0.29, 0.717) is 33.0 Å². The van der Waals surface area contributed by atoms with E-state index >= 15 is 0 Å². The summed E-state index contributed by atoms with van der Waals surface area (Å²) in [5.41, 5.74) is 3.59. The first kappa shape index (κ1) is 34.6. The van der Waals surface area contributed by atoms with Crippen LogP contribution in [0, 0.1) is 23.7 Å². The summed E-state index contributed by atoms with van der Waals surface area (Å²) in [6.45, 7) is 4.29. The third kappa shape index (κ3) is 5.25. The van der Waals surface area contributed by atoms with E-state index in [1.165, 1.54) is 9.80 Å². The topological polar surface area (TPSA) is 74.8 Å². The maximum absolute atomic E-state index is 14.6. The summed E-state index contributed by atoms with van der Waals surface area (Å²) >= 11 is 0. The van der Waals surface area contributed by atoms with Gasteiger partial charge in [0.25, 0.3) is 23.6 Å². The minimum absolute atomic E-state index is 0.113. The van der Waals surface area contributed by atoms with Crippen molar-refractivity contribution in [1.82, 2.24) is 9.80 Å². The third-order valence-electron chi connectivity index (χ3n) is 12.5. The second kappa shape index (κ2) is 13.9. The average Bonchev–Trinajstić information content (AvgIpc) is 3.20. The summed E-state index contributed by atoms with van der Waals surface area (Å²) in [5.74, 6) is 12.8. The van der Waals surface area contributed by atoms with Crippen LogP contribution in [0.15, 0.2) is 36.4 Å². The molecule has 2 aliphatic carbocycles. The average molecular weight is 715 g/mol. The lowest BCUT2D eigenvalue weighted by atomic mass is 9.78. The van der Waals surface area contributed by atoms with E-state index in [-0.39, 0.29) is 35.7 Å². The molecule has 2 aliphatic heterocycles. The van der Waals surface area contributed by atoms with Crippen LogP contribution in [0.5, 0.6) is 0 Å². The molecule has 0 unspecified atom stereocenters. The smallest absolute Gasteiger partial charge is 0.261 e. The van der Waals surface area contributed by atoms with Gasteiger partial charge in [-0.05, 0) is 73.6 Å². The van der Waals surface area contributed by atoms with Gasteiger partial charge in [0.1, 0.15) is 0 Å². The van der Waals surface area contributed by atoms with Crippen LogP contribution in [0.4, 0.5) is 0 Å². The second-order valence-electron chi connectivity index (χ2n) is 15.9. The van der Waals surface area contributed by atoms with Gasteiger partial charge in [-0.3, -0.25) is 29.0 Å². The first-order chi connectivity index (χ1) is 26.4. The first-order valence-electron chi connectivity index (χ1n) is 20.5. The van der Waals surface area contributed by atoms with Gasteiger partial charge in [0.2, 0.25) is 0 Å². The fourth-order valence-corrected chi connectivity index (χ4v) is 9.89. The standard InChI is InChI=1S/C48H46N2O4/c1-3-5-7-11-17-29-27-37-41-35(45(51)49(47(37)53)31-19-13-9-14-20-31)26-24-34-40-30(18-12-8-6-4-2)28-38-42-36(25-23-33(44(40)42)39(29)43(34)41)46(52)50(48(38)54)32-21-15-10-16-22-32/h23-28,31-32H,3-10,13-16,19-22H2,1-2H3. The van der Waals surface area contributed by atoms with E-state index in [2.05, 4.69) is 37.5 Å². The molecule has 6 nitrogen and oxygen atoms in total. The highest BCUT2D eigenvalue weighted by atomic mass is 16.2. The predicted molar refractivity (Wildman–Crippen MR) is 215 cm³/mol. The quantitative estimate of drug-likeness (QED) is 0.0577. The molecule has 5 aromatic carbocycles. The summed E-state index contributed by atoms with van der Waals surface area (Å²) in [4.78, 5) is 61.1. The molecule has 2 heterocycles. The molecule has 2 saturated carbocycles. The van der Waals surface area contributed by atoms with Gasteiger partial charge >= 0.3 is 0 Å². The maximum atomic E-state index is 14.6. The largest absolute Gasteiger partial charge is 0.271 e. The summed E-state index contributed by atoms with van der Waals surface area (Å²) in [7, 11) is 0. The molecule has 5 aromatic rings. The van der Waals surface area contributed by atoms with Gasteiger partial charge in [0.05, 0.1) is 0 Å². The van der Waals surface area contributed by atoms with E-state index < -0.39 is 0 Å². The van der Waals surface area contributed by atoms with E-state index in [0.717, 1.165) is 146 Å². The Morgan fingerprint density at radius 1 is 0.500 bits per heavy atom. The van der Waals surface area contributed by atoms with E-state index in [1.807, 2.05) is 36.4 Å². The summed E-state index contributed by atoms with van der Waals surface area (Å²) in [6, 6.07) is 11.4. The number of amides is 4. The van der Waals surface area contributed by atoms with Gasteiger partial charge in [-0.15, -0.1) is 0 Å². The van der Waals surface area contributed by atoms with Crippen molar-refractivity contribution in [1.29, 1.82) is 0 Å². The molecule has 4 amide bonds. The van der Waals surface area contributed by atoms with E-state index in [1.54, 1.807) is 0 Å². The number of unbranched alkanes of at least 4 members (excludes halogenated alkanes) is 4. The molecule has 0 aromatic heterocycles. The molecule has 0 bridgehead atoms. The molecule has 4 aliphatic rings.